The lowest BCUT2D eigenvalue weighted by Crippen LogP contribution is -2.67. The SMILES string of the molecule is CC(=O)O[C@@H]1CC[C@]2(C)[C@H]3CC[C@]4(C)[C@@H]5[C@H](C[C@H]4[C@@H]3CC(=O)[C@@]2(O)C1)O[C@]1(CC[C@@H](C)CO1)[C@H]5C. The van der Waals surface area contributed by atoms with E-state index in [1.165, 1.54) is 6.92 Å². The van der Waals surface area contributed by atoms with E-state index in [4.69, 9.17) is 14.2 Å². The normalized spacial score (nSPS) is 57.3. The molecule has 6 heteroatoms. The minimum Gasteiger partial charge on any atom is -0.462 e. The Morgan fingerprint density at radius 3 is 2.54 bits per heavy atom. The third-order valence-corrected chi connectivity index (χ3v) is 12.2. The van der Waals surface area contributed by atoms with E-state index in [0.29, 0.717) is 41.9 Å². The van der Waals surface area contributed by atoms with E-state index in [1.807, 2.05) is 0 Å². The second kappa shape index (κ2) is 7.77. The van der Waals surface area contributed by atoms with Gasteiger partial charge in [-0.15, -0.1) is 0 Å². The van der Waals surface area contributed by atoms with Gasteiger partial charge in [-0.2, -0.15) is 0 Å². The van der Waals surface area contributed by atoms with E-state index in [-0.39, 0.29) is 35.8 Å². The lowest BCUT2D eigenvalue weighted by Gasteiger charge is -2.63. The molecular formula is C29H44O6. The van der Waals surface area contributed by atoms with E-state index in [2.05, 4.69) is 27.7 Å². The first-order valence-electron chi connectivity index (χ1n) is 14.2. The number of esters is 1. The molecule has 0 radical (unpaired) electrons. The van der Waals surface area contributed by atoms with Crippen LogP contribution in [-0.4, -0.2) is 47.1 Å². The van der Waals surface area contributed by atoms with E-state index in [9.17, 15) is 14.7 Å². The summed E-state index contributed by atoms with van der Waals surface area (Å²) in [6.07, 6.45) is 7.30. The van der Waals surface area contributed by atoms with Gasteiger partial charge in [0, 0.05) is 37.5 Å². The van der Waals surface area contributed by atoms with Gasteiger partial charge in [-0.1, -0.05) is 27.7 Å². The molecule has 0 aromatic heterocycles. The molecule has 0 aromatic rings. The van der Waals surface area contributed by atoms with Crippen molar-refractivity contribution < 1.29 is 28.9 Å². The standard InChI is InChI=1S/C29H44O6/c1-16-6-11-29(33-15-16)17(2)25-23(35-29)13-22-20-12-24(31)28(32)14-19(34-18(3)30)7-10-27(28,5)21(20)8-9-26(22,25)4/h16-17,19-23,25,32H,6-15H2,1-5H3/t16-,17+,19-,20-,21+,22+,23+,25+,26+,27-,28+,29-/m1/s1. The molecule has 2 heterocycles. The number of ketones is 1. The van der Waals surface area contributed by atoms with Crippen LogP contribution in [0.2, 0.25) is 0 Å². The Balaban J connectivity index is 1.26. The molecule has 1 N–H and O–H groups in total. The first-order valence-corrected chi connectivity index (χ1v) is 14.2. The van der Waals surface area contributed by atoms with Crippen molar-refractivity contribution in [2.45, 2.75) is 116 Å². The third kappa shape index (κ3) is 3.18. The zero-order valence-corrected chi connectivity index (χ0v) is 22.2. The van der Waals surface area contributed by atoms with Gasteiger partial charge in [0.2, 0.25) is 0 Å². The molecule has 196 valence electrons. The van der Waals surface area contributed by atoms with Crippen LogP contribution in [0.3, 0.4) is 0 Å². The average Bonchev–Trinajstić information content (AvgIpc) is 3.23. The van der Waals surface area contributed by atoms with Crippen LogP contribution in [0.5, 0.6) is 0 Å². The zero-order valence-electron chi connectivity index (χ0n) is 22.2. The van der Waals surface area contributed by atoms with E-state index in [1.54, 1.807) is 0 Å². The summed E-state index contributed by atoms with van der Waals surface area (Å²) in [5.74, 6) is 1.68. The van der Waals surface area contributed by atoms with Crippen LogP contribution in [0.4, 0.5) is 0 Å². The van der Waals surface area contributed by atoms with Gasteiger partial charge in [-0.25, -0.2) is 0 Å². The van der Waals surface area contributed by atoms with Gasteiger partial charge in [0.1, 0.15) is 11.7 Å². The fourth-order valence-corrected chi connectivity index (χ4v) is 10.4. The van der Waals surface area contributed by atoms with Crippen LogP contribution in [0.1, 0.15) is 92.4 Å². The van der Waals surface area contributed by atoms with Crippen LogP contribution >= 0.6 is 0 Å². The number of Topliss-reactive ketones (excluding diaryl/α,β-unsaturated/α-hetero) is 1. The lowest BCUT2D eigenvalue weighted by molar-refractivity contribution is -0.273. The fraction of sp³-hybridized carbons (Fsp3) is 0.931. The maximum Gasteiger partial charge on any atom is 0.302 e. The fourth-order valence-electron chi connectivity index (χ4n) is 10.4. The Morgan fingerprint density at radius 2 is 1.86 bits per heavy atom. The van der Waals surface area contributed by atoms with E-state index < -0.39 is 16.8 Å². The summed E-state index contributed by atoms with van der Waals surface area (Å²) >= 11 is 0. The number of fused-ring (bicyclic) bond motifs is 7. The summed E-state index contributed by atoms with van der Waals surface area (Å²) in [4.78, 5) is 25.2. The van der Waals surface area contributed by atoms with Crippen molar-refractivity contribution in [3.05, 3.63) is 0 Å². The third-order valence-electron chi connectivity index (χ3n) is 12.2. The molecule has 2 aliphatic heterocycles. The van der Waals surface area contributed by atoms with E-state index >= 15 is 0 Å². The topological polar surface area (TPSA) is 82.1 Å². The lowest BCUT2D eigenvalue weighted by atomic mass is 9.42. The first kappa shape index (κ1) is 24.4. The molecule has 0 aromatic carbocycles. The van der Waals surface area contributed by atoms with Gasteiger partial charge in [0.15, 0.2) is 11.6 Å². The predicted octanol–water partition coefficient (Wildman–Crippen LogP) is 4.66. The van der Waals surface area contributed by atoms with E-state index in [0.717, 1.165) is 51.6 Å². The number of carbonyl (C=O) groups is 2. The van der Waals surface area contributed by atoms with Gasteiger partial charge >= 0.3 is 5.97 Å². The number of hydrogen-bond donors (Lipinski definition) is 1. The van der Waals surface area contributed by atoms with Crippen LogP contribution in [-0.2, 0) is 23.8 Å². The number of ether oxygens (including phenoxy) is 3. The summed E-state index contributed by atoms with van der Waals surface area (Å²) in [5.41, 5.74) is -1.71. The van der Waals surface area contributed by atoms with Crippen molar-refractivity contribution in [3.63, 3.8) is 0 Å². The average molecular weight is 489 g/mol. The Labute approximate surface area is 209 Å². The van der Waals surface area contributed by atoms with Crippen LogP contribution < -0.4 is 0 Å². The quantitative estimate of drug-likeness (QED) is 0.541. The molecule has 2 saturated heterocycles. The largest absolute Gasteiger partial charge is 0.462 e. The van der Waals surface area contributed by atoms with Crippen molar-refractivity contribution in [1.82, 2.24) is 0 Å². The summed E-state index contributed by atoms with van der Waals surface area (Å²) in [6, 6.07) is 0. The molecule has 4 saturated carbocycles. The zero-order chi connectivity index (χ0) is 25.0. The Hall–Kier alpha value is -0.980. The van der Waals surface area contributed by atoms with Crippen molar-refractivity contribution in [2.75, 3.05) is 6.61 Å². The Kier molecular flexibility index (Phi) is 5.41. The highest BCUT2D eigenvalue weighted by Crippen LogP contribution is 2.71. The summed E-state index contributed by atoms with van der Waals surface area (Å²) in [6.45, 7) is 11.4. The molecule has 35 heavy (non-hydrogen) atoms. The van der Waals surface area contributed by atoms with Crippen molar-refractivity contribution >= 4 is 11.8 Å². The van der Waals surface area contributed by atoms with Crippen molar-refractivity contribution in [3.8, 4) is 0 Å². The minimum atomic E-state index is -1.39. The number of hydrogen-bond acceptors (Lipinski definition) is 6. The molecule has 0 bridgehead atoms. The molecule has 0 amide bonds. The maximum atomic E-state index is 13.7. The van der Waals surface area contributed by atoms with Gasteiger partial charge < -0.3 is 19.3 Å². The molecule has 6 nitrogen and oxygen atoms in total. The molecule has 6 rings (SSSR count). The maximum absolute atomic E-state index is 13.7. The second-order valence-electron chi connectivity index (χ2n) is 13.8. The van der Waals surface area contributed by atoms with Gasteiger partial charge in [0.05, 0.1) is 12.7 Å². The molecule has 4 aliphatic carbocycles. The Morgan fingerprint density at radius 1 is 1.09 bits per heavy atom. The first-order chi connectivity index (χ1) is 16.4. The highest BCUT2D eigenvalue weighted by atomic mass is 16.7. The van der Waals surface area contributed by atoms with Gasteiger partial charge in [-0.3, -0.25) is 9.59 Å². The van der Waals surface area contributed by atoms with Crippen LogP contribution in [0.15, 0.2) is 0 Å². The molecule has 6 aliphatic rings. The molecular weight excluding hydrogens is 444 g/mol. The van der Waals surface area contributed by atoms with Crippen molar-refractivity contribution in [2.24, 2.45) is 46.3 Å². The summed E-state index contributed by atoms with van der Waals surface area (Å²) in [7, 11) is 0. The van der Waals surface area contributed by atoms with Gasteiger partial charge in [-0.05, 0) is 73.5 Å². The molecule has 0 unspecified atom stereocenters. The minimum absolute atomic E-state index is 0.0329. The monoisotopic (exact) mass is 488 g/mol. The highest BCUT2D eigenvalue weighted by Gasteiger charge is 2.72. The number of aliphatic hydroxyl groups is 1. The Bertz CT molecular complexity index is 909. The van der Waals surface area contributed by atoms with Crippen LogP contribution in [0.25, 0.3) is 0 Å². The molecule has 1 spiro atoms. The number of rotatable bonds is 1. The summed E-state index contributed by atoms with van der Waals surface area (Å²) < 4.78 is 18.7. The smallest absolute Gasteiger partial charge is 0.302 e. The molecule has 6 fully saturated rings. The number of carbonyl (C=O) groups excluding carboxylic acids is 2. The predicted molar refractivity (Wildman–Crippen MR) is 129 cm³/mol. The summed E-state index contributed by atoms with van der Waals surface area (Å²) in [5, 5.41) is 11.9. The van der Waals surface area contributed by atoms with Crippen LogP contribution in [0, 0.1) is 46.3 Å². The van der Waals surface area contributed by atoms with Gasteiger partial charge in [0.25, 0.3) is 0 Å². The molecule has 12 atom stereocenters. The van der Waals surface area contributed by atoms with Crippen molar-refractivity contribution in [1.29, 1.82) is 0 Å². The second-order valence-corrected chi connectivity index (χ2v) is 13.8. The highest BCUT2D eigenvalue weighted by molar-refractivity contribution is 5.89.